The van der Waals surface area contributed by atoms with Gasteiger partial charge in [-0.1, -0.05) is 11.3 Å². The molecule has 1 amide bonds. The molecule has 4 aromatic heterocycles. The Morgan fingerprint density at radius 3 is 2.88 bits per heavy atom. The molecule has 1 N–H and O–H groups in total. The van der Waals surface area contributed by atoms with Crippen molar-refractivity contribution in [3.05, 3.63) is 52.9 Å². The molecule has 4 heterocycles. The molecule has 5 aromatic rings. The molecule has 0 unspecified atom stereocenters. The number of hydrogen-bond donors (Lipinski definition) is 1. The van der Waals surface area contributed by atoms with E-state index < -0.39 is 12.5 Å². The van der Waals surface area contributed by atoms with Gasteiger partial charge in [-0.25, -0.2) is 14.5 Å². The Balaban J connectivity index is 1.43. The van der Waals surface area contributed by atoms with Crippen molar-refractivity contribution in [1.82, 2.24) is 29.4 Å². The molecule has 9 nitrogen and oxygen atoms in total. The van der Waals surface area contributed by atoms with E-state index in [1.807, 2.05) is 13.1 Å². The lowest BCUT2D eigenvalue weighted by Gasteiger charge is -2.02. The molecule has 0 radical (unpaired) electrons. The first-order valence-electron chi connectivity index (χ1n) is 9.66. The van der Waals surface area contributed by atoms with Gasteiger partial charge in [-0.05, 0) is 47.1 Å². The number of amides is 1. The van der Waals surface area contributed by atoms with Crippen LogP contribution in [-0.4, -0.2) is 41.9 Å². The fourth-order valence-electron chi connectivity index (χ4n) is 3.21. The van der Waals surface area contributed by atoms with Gasteiger partial charge in [-0.15, -0.1) is 0 Å². The highest BCUT2D eigenvalue weighted by Crippen LogP contribution is 2.30. The van der Waals surface area contributed by atoms with Gasteiger partial charge >= 0.3 is 6.61 Å². The van der Waals surface area contributed by atoms with Crippen LogP contribution in [-0.2, 0) is 6.54 Å². The topological polar surface area (TPSA) is 99.2 Å². The van der Waals surface area contributed by atoms with Crippen LogP contribution in [0.2, 0.25) is 0 Å². The van der Waals surface area contributed by atoms with Crippen molar-refractivity contribution < 1.29 is 18.3 Å². The van der Waals surface area contributed by atoms with Crippen molar-refractivity contribution in [1.29, 1.82) is 0 Å². The summed E-state index contributed by atoms with van der Waals surface area (Å²) in [6.45, 7) is -0.229. The van der Waals surface area contributed by atoms with Crippen molar-refractivity contribution in [2.24, 2.45) is 0 Å². The second-order valence-electron chi connectivity index (χ2n) is 6.79. The Morgan fingerprint density at radius 2 is 2.12 bits per heavy atom. The Hall–Kier alpha value is -3.45. The number of thiazole rings is 1. The molecule has 168 valence electrons. The van der Waals surface area contributed by atoms with E-state index >= 15 is 0 Å². The van der Waals surface area contributed by atoms with Gasteiger partial charge in [0.2, 0.25) is 0 Å². The number of ether oxygens (including phenoxy) is 1. The summed E-state index contributed by atoms with van der Waals surface area (Å²) in [4.78, 5) is 21.4. The molecule has 0 atom stereocenters. The van der Waals surface area contributed by atoms with E-state index in [0.717, 1.165) is 15.8 Å². The van der Waals surface area contributed by atoms with Crippen molar-refractivity contribution in [2.45, 2.75) is 20.1 Å². The first kappa shape index (κ1) is 21.4. The van der Waals surface area contributed by atoms with Crippen molar-refractivity contribution in [3.8, 4) is 17.1 Å². The maximum Gasteiger partial charge on any atom is 0.387 e. The lowest BCUT2D eigenvalue weighted by atomic mass is 10.3. The molecule has 0 spiro atoms. The van der Waals surface area contributed by atoms with Gasteiger partial charge in [-0.3, -0.25) is 14.8 Å². The first-order valence-corrected chi connectivity index (χ1v) is 11.3. The van der Waals surface area contributed by atoms with Crippen LogP contribution in [0.1, 0.15) is 17.4 Å². The standard InChI is InChI=1S/C20H14BrF2N7O2S/c1-2-29-9-11(21)17(28-29)14-5-6-24-16-8-13(27-30(14)16)18(31)26-20-25-12-4-3-10(32-19(22)23)7-15(12)33-20/h3-9,19H,2H2,1H3,(H,25,26,31). The quantitative estimate of drug-likeness (QED) is 0.335. The smallest absolute Gasteiger partial charge is 0.387 e. The number of fused-ring (bicyclic) bond motifs is 2. The Morgan fingerprint density at radius 1 is 1.27 bits per heavy atom. The van der Waals surface area contributed by atoms with E-state index in [9.17, 15) is 13.6 Å². The Bertz CT molecular complexity index is 1500. The fraction of sp³-hybridized carbons (Fsp3) is 0.150. The first-order chi connectivity index (χ1) is 15.9. The molecule has 0 fully saturated rings. The van der Waals surface area contributed by atoms with E-state index in [1.54, 1.807) is 33.6 Å². The average Bonchev–Trinajstić information content (AvgIpc) is 3.48. The van der Waals surface area contributed by atoms with Crippen LogP contribution in [0.5, 0.6) is 5.75 Å². The molecule has 5 rings (SSSR count). The van der Waals surface area contributed by atoms with E-state index in [-0.39, 0.29) is 11.4 Å². The number of rotatable bonds is 6. The van der Waals surface area contributed by atoms with Gasteiger partial charge in [0, 0.05) is 25.0 Å². The Kier molecular flexibility index (Phi) is 5.50. The molecule has 0 saturated carbocycles. The Labute approximate surface area is 197 Å². The van der Waals surface area contributed by atoms with Crippen LogP contribution in [0.25, 0.3) is 27.3 Å². The van der Waals surface area contributed by atoms with Crippen molar-refractivity contribution in [3.63, 3.8) is 0 Å². The molecule has 0 aliphatic rings. The van der Waals surface area contributed by atoms with Gasteiger partial charge in [0.25, 0.3) is 5.91 Å². The largest absolute Gasteiger partial charge is 0.435 e. The normalized spacial score (nSPS) is 11.5. The number of nitrogens with one attached hydrogen (secondary N) is 1. The van der Waals surface area contributed by atoms with E-state index in [4.69, 9.17) is 0 Å². The van der Waals surface area contributed by atoms with Gasteiger partial charge < -0.3 is 4.74 Å². The second kappa shape index (κ2) is 8.48. The summed E-state index contributed by atoms with van der Waals surface area (Å²) in [7, 11) is 0. The van der Waals surface area contributed by atoms with Gasteiger partial charge in [0.15, 0.2) is 16.5 Å². The number of alkyl halides is 2. The average molecular weight is 534 g/mol. The highest BCUT2D eigenvalue weighted by Gasteiger charge is 2.18. The molecule has 13 heteroatoms. The third kappa shape index (κ3) is 4.16. The molecular formula is C20H14BrF2N7O2S. The lowest BCUT2D eigenvalue weighted by molar-refractivity contribution is -0.0497. The third-order valence-corrected chi connectivity index (χ3v) is 6.19. The summed E-state index contributed by atoms with van der Waals surface area (Å²) < 4.78 is 34.0. The van der Waals surface area contributed by atoms with E-state index in [0.29, 0.717) is 38.9 Å². The highest BCUT2D eigenvalue weighted by atomic mass is 79.9. The summed E-state index contributed by atoms with van der Waals surface area (Å²) >= 11 is 4.65. The molecule has 1 aromatic carbocycles. The van der Waals surface area contributed by atoms with Crippen LogP contribution in [0.3, 0.4) is 0 Å². The van der Waals surface area contributed by atoms with Crippen LogP contribution in [0, 0.1) is 0 Å². The van der Waals surface area contributed by atoms with Gasteiger partial charge in [0.05, 0.1) is 20.4 Å². The fourth-order valence-corrected chi connectivity index (χ4v) is 4.62. The molecular weight excluding hydrogens is 520 g/mol. The molecule has 33 heavy (non-hydrogen) atoms. The SMILES string of the molecule is CCn1cc(Br)c(-c2ccnc3cc(C(=O)Nc4nc5ccc(OC(F)F)cc5s4)nn23)n1. The zero-order chi connectivity index (χ0) is 23.1. The number of aryl methyl sites for hydroxylation is 1. The molecule has 0 bridgehead atoms. The number of carbonyl (C=O) groups is 1. The number of benzene rings is 1. The predicted octanol–water partition coefficient (Wildman–Crippen LogP) is 4.84. The number of nitrogens with zero attached hydrogens (tertiary/aromatic N) is 6. The predicted molar refractivity (Wildman–Crippen MR) is 122 cm³/mol. The van der Waals surface area contributed by atoms with Crippen LogP contribution < -0.4 is 10.1 Å². The minimum atomic E-state index is -2.92. The molecule has 0 aliphatic carbocycles. The maximum atomic E-state index is 12.8. The summed E-state index contributed by atoms with van der Waals surface area (Å²) in [6, 6.07) is 7.72. The number of aromatic nitrogens is 6. The summed E-state index contributed by atoms with van der Waals surface area (Å²) in [5, 5.41) is 11.9. The summed E-state index contributed by atoms with van der Waals surface area (Å²) in [5.41, 5.74) is 2.51. The zero-order valence-corrected chi connectivity index (χ0v) is 19.3. The third-order valence-electron chi connectivity index (χ3n) is 4.68. The highest BCUT2D eigenvalue weighted by molar-refractivity contribution is 9.10. The minimum absolute atomic E-state index is 0.0228. The molecule has 0 saturated heterocycles. The van der Waals surface area contributed by atoms with Crippen molar-refractivity contribution >= 4 is 54.2 Å². The minimum Gasteiger partial charge on any atom is -0.435 e. The lowest BCUT2D eigenvalue weighted by Crippen LogP contribution is -2.12. The number of hydrogen-bond acceptors (Lipinski definition) is 7. The van der Waals surface area contributed by atoms with E-state index in [2.05, 4.69) is 46.1 Å². The maximum absolute atomic E-state index is 12.8. The zero-order valence-electron chi connectivity index (χ0n) is 16.9. The molecule has 0 aliphatic heterocycles. The van der Waals surface area contributed by atoms with E-state index in [1.165, 1.54) is 12.1 Å². The van der Waals surface area contributed by atoms with Crippen LogP contribution in [0.4, 0.5) is 13.9 Å². The number of anilines is 1. The van der Waals surface area contributed by atoms with Crippen LogP contribution >= 0.6 is 27.3 Å². The van der Waals surface area contributed by atoms with Crippen LogP contribution in [0.15, 0.2) is 47.2 Å². The monoisotopic (exact) mass is 533 g/mol. The van der Waals surface area contributed by atoms with Gasteiger partial charge in [0.1, 0.15) is 11.4 Å². The van der Waals surface area contributed by atoms with Crippen molar-refractivity contribution in [2.75, 3.05) is 5.32 Å². The summed E-state index contributed by atoms with van der Waals surface area (Å²) in [6.07, 6.45) is 3.49. The number of carbonyl (C=O) groups excluding carboxylic acids is 1. The summed E-state index contributed by atoms with van der Waals surface area (Å²) in [5.74, 6) is -0.456. The second-order valence-corrected chi connectivity index (χ2v) is 8.68. The van der Waals surface area contributed by atoms with Gasteiger partial charge in [-0.2, -0.15) is 19.0 Å². The number of halogens is 3.